The average Bonchev–Trinajstić information content (AvgIpc) is 2.58. The average molecular weight is 372 g/mol. The molecule has 2 aromatic carbocycles. The molecule has 0 spiro atoms. The molecule has 0 aliphatic carbocycles. The van der Waals surface area contributed by atoms with Crippen LogP contribution in [0, 0.1) is 6.92 Å². The van der Waals surface area contributed by atoms with Crippen LogP contribution in [0.4, 0.5) is 5.69 Å². The van der Waals surface area contributed by atoms with Crippen LogP contribution in [0.25, 0.3) is 11.3 Å². The highest BCUT2D eigenvalue weighted by Crippen LogP contribution is 2.25. The maximum atomic E-state index is 12.3. The van der Waals surface area contributed by atoms with Gasteiger partial charge in [0.15, 0.2) is 0 Å². The third-order valence-electron chi connectivity index (χ3n) is 3.62. The van der Waals surface area contributed by atoms with Gasteiger partial charge in [0, 0.05) is 27.5 Å². The number of nitrogens with zero attached hydrogens (tertiary/aromatic N) is 2. The van der Waals surface area contributed by atoms with Crippen molar-refractivity contribution in [3.05, 3.63) is 76.2 Å². The summed E-state index contributed by atoms with van der Waals surface area (Å²) in [4.78, 5) is 20.8. The Morgan fingerprint density at radius 1 is 1.08 bits per heavy atom. The van der Waals surface area contributed by atoms with Crippen molar-refractivity contribution in [1.82, 2.24) is 9.97 Å². The van der Waals surface area contributed by atoms with E-state index in [0.717, 1.165) is 11.3 Å². The lowest BCUT2D eigenvalue weighted by Crippen LogP contribution is -2.15. The van der Waals surface area contributed by atoms with Crippen LogP contribution < -0.4 is 5.32 Å². The monoisotopic (exact) mass is 371 g/mol. The Labute approximate surface area is 155 Å². The molecule has 1 amide bonds. The molecular formula is C19H15Cl2N3O. The largest absolute Gasteiger partial charge is 0.326 e. The first-order valence-electron chi connectivity index (χ1n) is 7.66. The summed E-state index contributed by atoms with van der Waals surface area (Å²) in [7, 11) is 0. The van der Waals surface area contributed by atoms with E-state index in [2.05, 4.69) is 15.3 Å². The lowest BCUT2D eigenvalue weighted by atomic mass is 10.1. The van der Waals surface area contributed by atoms with Crippen molar-refractivity contribution in [3.63, 3.8) is 0 Å². The Hall–Kier alpha value is -2.43. The number of benzene rings is 2. The molecule has 4 nitrogen and oxygen atoms in total. The first-order valence-corrected chi connectivity index (χ1v) is 8.41. The van der Waals surface area contributed by atoms with Gasteiger partial charge in [0.05, 0.1) is 12.1 Å². The van der Waals surface area contributed by atoms with E-state index in [4.69, 9.17) is 23.2 Å². The lowest BCUT2D eigenvalue weighted by molar-refractivity contribution is -0.115. The van der Waals surface area contributed by atoms with E-state index in [0.29, 0.717) is 27.1 Å². The molecule has 0 saturated heterocycles. The van der Waals surface area contributed by atoms with E-state index in [1.54, 1.807) is 24.4 Å². The second-order valence-corrected chi connectivity index (χ2v) is 6.31. The topological polar surface area (TPSA) is 54.9 Å². The number of halogens is 2. The molecule has 0 radical (unpaired) electrons. The lowest BCUT2D eigenvalue weighted by Gasteiger charge is -2.09. The number of rotatable bonds is 4. The fraction of sp³-hybridized carbons (Fsp3) is 0.105. The van der Waals surface area contributed by atoms with Gasteiger partial charge < -0.3 is 5.32 Å². The minimum atomic E-state index is -0.189. The molecule has 1 N–H and O–H groups in total. The van der Waals surface area contributed by atoms with Crippen LogP contribution in [0.1, 0.15) is 11.4 Å². The maximum Gasteiger partial charge on any atom is 0.228 e. The third-order valence-corrected chi connectivity index (χ3v) is 4.33. The van der Waals surface area contributed by atoms with Crippen LogP contribution in [0.2, 0.25) is 10.0 Å². The number of aromatic nitrogens is 2. The summed E-state index contributed by atoms with van der Waals surface area (Å²) in [5.74, 6) is 0.506. The second kappa shape index (κ2) is 7.64. The van der Waals surface area contributed by atoms with Gasteiger partial charge in [-0.3, -0.25) is 4.79 Å². The van der Waals surface area contributed by atoms with Gasteiger partial charge in [-0.05, 0) is 42.8 Å². The Bertz CT molecular complexity index is 908. The van der Waals surface area contributed by atoms with E-state index < -0.39 is 0 Å². The first-order chi connectivity index (χ1) is 12.0. The molecule has 0 atom stereocenters. The zero-order valence-electron chi connectivity index (χ0n) is 13.5. The molecule has 0 aliphatic rings. The number of carbonyl (C=O) groups excluding carboxylic acids is 1. The van der Waals surface area contributed by atoms with Gasteiger partial charge in [-0.2, -0.15) is 0 Å². The minimum absolute atomic E-state index is 0.106. The molecule has 6 heteroatoms. The standard InChI is InChI=1S/C19H15Cl2N3O/c1-12-22-9-8-18(23-12)13-4-2-5-14(10-13)24-19(25)11-15-16(20)6-3-7-17(15)21/h2-10H,11H2,1H3,(H,24,25). The van der Waals surface area contributed by atoms with Crippen molar-refractivity contribution in [3.8, 4) is 11.3 Å². The number of carbonyl (C=O) groups is 1. The molecule has 3 rings (SSSR count). The zero-order valence-corrected chi connectivity index (χ0v) is 15.0. The maximum absolute atomic E-state index is 12.3. The number of anilines is 1. The summed E-state index contributed by atoms with van der Waals surface area (Å²) in [6, 6.07) is 14.5. The summed E-state index contributed by atoms with van der Waals surface area (Å²) < 4.78 is 0. The number of aryl methyl sites for hydroxylation is 1. The summed E-state index contributed by atoms with van der Waals surface area (Å²) in [6.45, 7) is 1.84. The van der Waals surface area contributed by atoms with E-state index >= 15 is 0 Å². The number of hydrogen-bond acceptors (Lipinski definition) is 3. The van der Waals surface area contributed by atoms with Gasteiger partial charge in [-0.25, -0.2) is 9.97 Å². The van der Waals surface area contributed by atoms with Crippen LogP contribution >= 0.6 is 23.2 Å². The third kappa shape index (κ3) is 4.35. The molecule has 25 heavy (non-hydrogen) atoms. The Balaban J connectivity index is 1.77. The molecular weight excluding hydrogens is 357 g/mol. The van der Waals surface area contributed by atoms with Gasteiger partial charge in [0.1, 0.15) is 5.82 Å². The Kier molecular flexibility index (Phi) is 5.31. The van der Waals surface area contributed by atoms with Crippen molar-refractivity contribution in [2.24, 2.45) is 0 Å². The summed E-state index contributed by atoms with van der Waals surface area (Å²) >= 11 is 12.2. The highest BCUT2D eigenvalue weighted by atomic mass is 35.5. The Morgan fingerprint density at radius 3 is 2.52 bits per heavy atom. The summed E-state index contributed by atoms with van der Waals surface area (Å²) in [5.41, 5.74) is 3.00. The molecule has 0 bridgehead atoms. The van der Waals surface area contributed by atoms with E-state index in [-0.39, 0.29) is 12.3 Å². The SMILES string of the molecule is Cc1nccc(-c2cccc(NC(=O)Cc3c(Cl)cccc3Cl)c2)n1. The first kappa shape index (κ1) is 17.4. The minimum Gasteiger partial charge on any atom is -0.326 e. The highest BCUT2D eigenvalue weighted by molar-refractivity contribution is 6.36. The smallest absolute Gasteiger partial charge is 0.228 e. The fourth-order valence-electron chi connectivity index (χ4n) is 2.44. The number of nitrogens with one attached hydrogen (secondary N) is 1. The Morgan fingerprint density at radius 2 is 1.80 bits per heavy atom. The summed E-state index contributed by atoms with van der Waals surface area (Å²) in [5, 5.41) is 3.83. The molecule has 3 aromatic rings. The predicted octanol–water partition coefficient (Wildman–Crippen LogP) is 4.94. The van der Waals surface area contributed by atoms with Crippen molar-refractivity contribution in [1.29, 1.82) is 0 Å². The molecule has 1 aromatic heterocycles. The van der Waals surface area contributed by atoms with Gasteiger partial charge in [-0.1, -0.05) is 41.4 Å². The summed E-state index contributed by atoms with van der Waals surface area (Å²) in [6.07, 6.45) is 1.82. The van der Waals surface area contributed by atoms with Crippen molar-refractivity contribution in [2.75, 3.05) is 5.32 Å². The molecule has 0 unspecified atom stereocenters. The predicted molar refractivity (Wildman–Crippen MR) is 101 cm³/mol. The molecule has 0 aliphatic heterocycles. The fourth-order valence-corrected chi connectivity index (χ4v) is 2.97. The molecule has 1 heterocycles. The van der Waals surface area contributed by atoms with Crippen LogP contribution in [-0.4, -0.2) is 15.9 Å². The number of hydrogen-bond donors (Lipinski definition) is 1. The van der Waals surface area contributed by atoms with Crippen LogP contribution in [-0.2, 0) is 11.2 Å². The van der Waals surface area contributed by atoms with Crippen LogP contribution in [0.15, 0.2) is 54.7 Å². The normalized spacial score (nSPS) is 10.5. The van der Waals surface area contributed by atoms with E-state index in [1.165, 1.54) is 0 Å². The molecule has 0 saturated carbocycles. The quantitative estimate of drug-likeness (QED) is 0.706. The molecule has 126 valence electrons. The van der Waals surface area contributed by atoms with Gasteiger partial charge >= 0.3 is 0 Å². The van der Waals surface area contributed by atoms with Crippen molar-refractivity contribution in [2.45, 2.75) is 13.3 Å². The van der Waals surface area contributed by atoms with Crippen LogP contribution in [0.5, 0.6) is 0 Å². The van der Waals surface area contributed by atoms with E-state index in [9.17, 15) is 4.79 Å². The van der Waals surface area contributed by atoms with Crippen molar-refractivity contribution >= 4 is 34.8 Å². The van der Waals surface area contributed by atoms with Gasteiger partial charge in [-0.15, -0.1) is 0 Å². The molecule has 0 fully saturated rings. The van der Waals surface area contributed by atoms with E-state index in [1.807, 2.05) is 37.3 Å². The van der Waals surface area contributed by atoms with Crippen LogP contribution in [0.3, 0.4) is 0 Å². The zero-order chi connectivity index (χ0) is 17.8. The van der Waals surface area contributed by atoms with Crippen molar-refractivity contribution < 1.29 is 4.79 Å². The second-order valence-electron chi connectivity index (χ2n) is 5.50. The highest BCUT2D eigenvalue weighted by Gasteiger charge is 2.11. The number of amides is 1. The van der Waals surface area contributed by atoms with Gasteiger partial charge in [0.2, 0.25) is 5.91 Å². The van der Waals surface area contributed by atoms with Gasteiger partial charge in [0.25, 0.3) is 0 Å².